The average molecular weight is 380 g/mol. The molecule has 27 heavy (non-hydrogen) atoms. The number of rotatable bonds is 5. The first-order chi connectivity index (χ1) is 13.2. The molecule has 0 spiro atoms. The Morgan fingerprint density at radius 1 is 1.11 bits per heavy atom. The van der Waals surface area contributed by atoms with Crippen molar-refractivity contribution in [1.29, 1.82) is 0 Å². The molecule has 1 amide bonds. The van der Waals surface area contributed by atoms with Crippen molar-refractivity contribution in [3.63, 3.8) is 0 Å². The van der Waals surface area contributed by atoms with Crippen LogP contribution in [-0.2, 0) is 4.79 Å². The van der Waals surface area contributed by atoms with Gasteiger partial charge < -0.3 is 14.4 Å². The van der Waals surface area contributed by atoms with Crippen molar-refractivity contribution in [2.24, 2.45) is 0 Å². The maximum Gasteiger partial charge on any atom is 0.227 e. The molecule has 3 aromatic rings. The molecule has 0 aliphatic carbocycles. The fourth-order valence-corrected chi connectivity index (χ4v) is 4.19. The number of amides is 1. The Labute approximate surface area is 162 Å². The highest BCUT2D eigenvalue weighted by Crippen LogP contribution is 2.40. The van der Waals surface area contributed by atoms with Gasteiger partial charge >= 0.3 is 0 Å². The Morgan fingerprint density at radius 3 is 2.70 bits per heavy atom. The zero-order chi connectivity index (χ0) is 18.8. The smallest absolute Gasteiger partial charge is 0.227 e. The standard InChI is InChI=1S/C21H20N2O3S/c1-25-18-9-4-8-16(20(18)26-2)21-22-17(13-27-21)14-6-3-7-15(12-14)23-11-5-10-19(23)24/h3-4,6-9,12-13H,5,10-11H2,1-2H3. The number of thiazole rings is 1. The highest BCUT2D eigenvalue weighted by Gasteiger charge is 2.22. The van der Waals surface area contributed by atoms with Gasteiger partial charge in [0.15, 0.2) is 11.5 Å². The van der Waals surface area contributed by atoms with Crippen LogP contribution in [0.4, 0.5) is 5.69 Å². The molecule has 0 bridgehead atoms. The molecule has 0 radical (unpaired) electrons. The number of anilines is 1. The lowest BCUT2D eigenvalue weighted by atomic mass is 10.1. The highest BCUT2D eigenvalue weighted by atomic mass is 32.1. The van der Waals surface area contributed by atoms with E-state index in [0.29, 0.717) is 17.9 Å². The first-order valence-electron chi connectivity index (χ1n) is 8.79. The van der Waals surface area contributed by atoms with Crippen LogP contribution in [0.25, 0.3) is 21.8 Å². The molecule has 5 nitrogen and oxygen atoms in total. The van der Waals surface area contributed by atoms with Gasteiger partial charge in [0.2, 0.25) is 5.91 Å². The molecular formula is C21H20N2O3S. The van der Waals surface area contributed by atoms with E-state index in [1.807, 2.05) is 52.7 Å². The first kappa shape index (κ1) is 17.5. The summed E-state index contributed by atoms with van der Waals surface area (Å²) in [5.41, 5.74) is 3.72. The largest absolute Gasteiger partial charge is 0.493 e. The van der Waals surface area contributed by atoms with Crippen molar-refractivity contribution in [2.45, 2.75) is 12.8 Å². The lowest BCUT2D eigenvalue weighted by Crippen LogP contribution is -2.23. The fraction of sp³-hybridized carbons (Fsp3) is 0.238. The second kappa shape index (κ2) is 7.40. The number of aromatic nitrogens is 1. The monoisotopic (exact) mass is 380 g/mol. The minimum absolute atomic E-state index is 0.187. The third-order valence-corrected chi connectivity index (χ3v) is 5.54. The molecule has 1 aliphatic heterocycles. The molecule has 0 atom stereocenters. The number of carbonyl (C=O) groups excluding carboxylic acids is 1. The summed E-state index contributed by atoms with van der Waals surface area (Å²) < 4.78 is 10.9. The van der Waals surface area contributed by atoms with Gasteiger partial charge in [-0.05, 0) is 30.7 Å². The van der Waals surface area contributed by atoms with E-state index in [-0.39, 0.29) is 5.91 Å². The third kappa shape index (κ3) is 3.28. The topological polar surface area (TPSA) is 51.7 Å². The molecule has 2 aromatic carbocycles. The molecule has 1 aromatic heterocycles. The minimum atomic E-state index is 0.187. The van der Waals surface area contributed by atoms with Gasteiger partial charge in [0.05, 0.1) is 25.5 Å². The molecule has 1 aliphatic rings. The van der Waals surface area contributed by atoms with Gasteiger partial charge in [0.1, 0.15) is 5.01 Å². The van der Waals surface area contributed by atoms with E-state index in [2.05, 4.69) is 0 Å². The molecule has 1 saturated heterocycles. The molecule has 4 rings (SSSR count). The van der Waals surface area contributed by atoms with Gasteiger partial charge in [0.25, 0.3) is 0 Å². The Balaban J connectivity index is 1.69. The van der Waals surface area contributed by atoms with E-state index in [9.17, 15) is 4.79 Å². The number of benzene rings is 2. The first-order valence-corrected chi connectivity index (χ1v) is 9.67. The Kier molecular flexibility index (Phi) is 4.81. The average Bonchev–Trinajstić information content (AvgIpc) is 3.36. The third-order valence-electron chi connectivity index (χ3n) is 4.66. The van der Waals surface area contributed by atoms with Crippen LogP contribution < -0.4 is 14.4 Å². The van der Waals surface area contributed by atoms with Crippen LogP contribution in [0.15, 0.2) is 47.8 Å². The zero-order valence-corrected chi connectivity index (χ0v) is 16.1. The van der Waals surface area contributed by atoms with Crippen molar-refractivity contribution < 1.29 is 14.3 Å². The summed E-state index contributed by atoms with van der Waals surface area (Å²) in [7, 11) is 3.26. The van der Waals surface area contributed by atoms with Crippen LogP contribution in [0.1, 0.15) is 12.8 Å². The van der Waals surface area contributed by atoms with Crippen LogP contribution in [-0.4, -0.2) is 31.7 Å². The van der Waals surface area contributed by atoms with Gasteiger partial charge in [-0.15, -0.1) is 11.3 Å². The van der Waals surface area contributed by atoms with Crippen molar-refractivity contribution in [1.82, 2.24) is 4.98 Å². The Hall–Kier alpha value is -2.86. The molecule has 138 valence electrons. The molecule has 6 heteroatoms. The Bertz CT molecular complexity index is 983. The number of nitrogens with zero attached hydrogens (tertiary/aromatic N) is 2. The number of para-hydroxylation sites is 1. The molecule has 0 unspecified atom stereocenters. The van der Waals surface area contributed by atoms with Crippen LogP contribution in [0.2, 0.25) is 0 Å². The number of carbonyl (C=O) groups is 1. The molecule has 2 heterocycles. The minimum Gasteiger partial charge on any atom is -0.493 e. The molecule has 1 fully saturated rings. The quantitative estimate of drug-likeness (QED) is 0.648. The van der Waals surface area contributed by atoms with E-state index in [0.717, 1.165) is 40.5 Å². The van der Waals surface area contributed by atoms with Crippen LogP contribution in [0, 0.1) is 0 Å². The lowest BCUT2D eigenvalue weighted by molar-refractivity contribution is -0.117. The maximum atomic E-state index is 12.0. The zero-order valence-electron chi connectivity index (χ0n) is 15.3. The number of ether oxygens (including phenoxy) is 2. The van der Waals surface area contributed by atoms with Gasteiger partial charge in [-0.1, -0.05) is 18.2 Å². The van der Waals surface area contributed by atoms with Crippen LogP contribution >= 0.6 is 11.3 Å². The summed E-state index contributed by atoms with van der Waals surface area (Å²) in [6.45, 7) is 0.783. The summed E-state index contributed by atoms with van der Waals surface area (Å²) in [6, 6.07) is 13.8. The molecule has 0 N–H and O–H groups in total. The number of hydrogen-bond acceptors (Lipinski definition) is 5. The van der Waals surface area contributed by atoms with Gasteiger partial charge in [-0.3, -0.25) is 4.79 Å². The summed E-state index contributed by atoms with van der Waals surface area (Å²) in [5, 5.41) is 2.89. The van der Waals surface area contributed by atoms with E-state index in [4.69, 9.17) is 14.5 Å². The summed E-state index contributed by atoms with van der Waals surface area (Å²) >= 11 is 1.56. The predicted octanol–water partition coefficient (Wildman–Crippen LogP) is 4.62. The molecule has 0 saturated carbocycles. The SMILES string of the molecule is COc1cccc(-c2nc(-c3cccc(N4CCCC4=O)c3)cs2)c1OC. The van der Waals surface area contributed by atoms with Crippen molar-refractivity contribution in [3.05, 3.63) is 47.8 Å². The van der Waals surface area contributed by atoms with E-state index in [1.54, 1.807) is 25.6 Å². The van der Waals surface area contributed by atoms with Crippen molar-refractivity contribution in [2.75, 3.05) is 25.7 Å². The van der Waals surface area contributed by atoms with Gasteiger partial charge in [0, 0.05) is 29.6 Å². The van der Waals surface area contributed by atoms with Gasteiger partial charge in [-0.25, -0.2) is 4.98 Å². The number of hydrogen-bond donors (Lipinski definition) is 0. The van der Waals surface area contributed by atoms with E-state index < -0.39 is 0 Å². The number of methoxy groups -OCH3 is 2. The van der Waals surface area contributed by atoms with E-state index >= 15 is 0 Å². The van der Waals surface area contributed by atoms with Crippen LogP contribution in [0.5, 0.6) is 11.5 Å². The Morgan fingerprint density at radius 2 is 1.96 bits per heavy atom. The second-order valence-corrected chi connectivity index (χ2v) is 7.14. The predicted molar refractivity (Wildman–Crippen MR) is 108 cm³/mol. The van der Waals surface area contributed by atoms with Crippen molar-refractivity contribution in [3.8, 4) is 33.3 Å². The summed E-state index contributed by atoms with van der Waals surface area (Å²) in [4.78, 5) is 18.7. The van der Waals surface area contributed by atoms with Crippen molar-refractivity contribution >= 4 is 22.9 Å². The summed E-state index contributed by atoms with van der Waals surface area (Å²) in [5.74, 6) is 1.55. The van der Waals surface area contributed by atoms with E-state index in [1.165, 1.54) is 0 Å². The van der Waals surface area contributed by atoms with Crippen LogP contribution in [0.3, 0.4) is 0 Å². The second-order valence-electron chi connectivity index (χ2n) is 6.28. The van der Waals surface area contributed by atoms with Gasteiger partial charge in [-0.2, -0.15) is 0 Å². The molecular weight excluding hydrogens is 360 g/mol. The highest BCUT2D eigenvalue weighted by molar-refractivity contribution is 7.13. The maximum absolute atomic E-state index is 12.0. The summed E-state index contributed by atoms with van der Waals surface area (Å²) in [6.07, 6.45) is 1.54. The lowest BCUT2D eigenvalue weighted by Gasteiger charge is -2.16. The normalized spacial score (nSPS) is 13.9. The fourth-order valence-electron chi connectivity index (χ4n) is 3.34.